The topological polar surface area (TPSA) is 127 Å². The molecule has 4 saturated carbocycles. The molecule has 0 aromatic rings. The monoisotopic (exact) mass is 558 g/mol. The first-order chi connectivity index (χ1) is 18.5. The van der Waals surface area contributed by atoms with Crippen molar-refractivity contribution in [3.05, 3.63) is 11.6 Å². The Kier molecular flexibility index (Phi) is 8.31. The summed E-state index contributed by atoms with van der Waals surface area (Å²) >= 11 is 0. The maximum Gasteiger partial charge on any atom is 0.309 e. The first-order valence-corrected chi connectivity index (χ1v) is 16.0. The van der Waals surface area contributed by atoms with Crippen LogP contribution in [-0.2, 0) is 9.59 Å². The Bertz CT molecular complexity index is 1030. The highest BCUT2D eigenvalue weighted by Crippen LogP contribution is 2.75. The zero-order chi connectivity index (χ0) is 29.9. The molecule has 0 heterocycles. The number of aliphatic hydroxyl groups excluding tert-OH is 1. The fourth-order valence-corrected chi connectivity index (χ4v) is 10.7. The van der Waals surface area contributed by atoms with Gasteiger partial charge in [-0.1, -0.05) is 47.1 Å². The van der Waals surface area contributed by atoms with Gasteiger partial charge < -0.3 is 21.7 Å². The van der Waals surface area contributed by atoms with E-state index in [2.05, 4.69) is 41.5 Å². The van der Waals surface area contributed by atoms with Crippen molar-refractivity contribution in [3.63, 3.8) is 0 Å². The molecule has 0 aromatic heterocycles. The number of unbranched alkanes of at least 4 members (excludes halogenated alkanes) is 1. The molecule has 0 spiro atoms. The van der Waals surface area contributed by atoms with Crippen LogP contribution in [0.2, 0.25) is 0 Å². The molecule has 5 aliphatic rings. The van der Waals surface area contributed by atoms with Gasteiger partial charge in [-0.05, 0) is 136 Å². The summed E-state index contributed by atoms with van der Waals surface area (Å²) in [7, 11) is 0. The third-order valence-corrected chi connectivity index (χ3v) is 13.7. The number of fused-ring (bicyclic) bond motifs is 7. The second-order valence-corrected chi connectivity index (χ2v) is 16.2. The minimum absolute atomic E-state index is 0.0296. The van der Waals surface area contributed by atoms with Gasteiger partial charge in [-0.3, -0.25) is 9.59 Å². The number of hydrogen-bond donors (Lipinski definition) is 4. The molecule has 6 heteroatoms. The number of carbonyl (C=O) groups excluding carboxylic acids is 1. The van der Waals surface area contributed by atoms with E-state index in [4.69, 9.17) is 11.5 Å². The van der Waals surface area contributed by atoms with Crippen LogP contribution in [-0.4, -0.2) is 41.2 Å². The van der Waals surface area contributed by atoms with Crippen molar-refractivity contribution < 1.29 is 19.8 Å². The Hall–Kier alpha value is -1.24. The van der Waals surface area contributed by atoms with Gasteiger partial charge in [0, 0.05) is 5.92 Å². The van der Waals surface area contributed by atoms with Crippen LogP contribution in [0.1, 0.15) is 119 Å². The minimum Gasteiger partial charge on any atom is -0.481 e. The molecular formula is C34H58N2O4. The molecule has 0 saturated heterocycles. The van der Waals surface area contributed by atoms with Crippen molar-refractivity contribution in [2.75, 3.05) is 13.1 Å². The molecule has 6 nitrogen and oxygen atoms in total. The van der Waals surface area contributed by atoms with Gasteiger partial charge in [-0.15, -0.1) is 0 Å². The van der Waals surface area contributed by atoms with Crippen LogP contribution in [0, 0.1) is 50.2 Å². The highest BCUT2D eigenvalue weighted by molar-refractivity contribution is 5.95. The van der Waals surface area contributed by atoms with E-state index in [-0.39, 0.29) is 50.8 Å². The summed E-state index contributed by atoms with van der Waals surface area (Å²) in [6.07, 6.45) is 12.1. The van der Waals surface area contributed by atoms with E-state index < -0.39 is 11.4 Å². The lowest BCUT2D eigenvalue weighted by atomic mass is 9.33. The van der Waals surface area contributed by atoms with Crippen LogP contribution in [0.25, 0.3) is 0 Å². The first kappa shape index (κ1) is 31.7. The van der Waals surface area contributed by atoms with Crippen LogP contribution in [0.4, 0.5) is 0 Å². The number of carbonyl (C=O) groups is 2. The van der Waals surface area contributed by atoms with E-state index in [0.29, 0.717) is 12.3 Å². The van der Waals surface area contributed by atoms with E-state index in [9.17, 15) is 19.8 Å². The number of ketones is 1. The fraction of sp³-hybridized carbons (Fsp3) is 0.882. The van der Waals surface area contributed by atoms with Crippen LogP contribution in [0.15, 0.2) is 11.6 Å². The number of nitrogens with two attached hydrogens (primary N) is 2. The molecule has 228 valence electrons. The summed E-state index contributed by atoms with van der Waals surface area (Å²) in [5.41, 5.74) is 10.5. The van der Waals surface area contributed by atoms with Gasteiger partial charge in [-0.25, -0.2) is 0 Å². The lowest BCUT2D eigenvalue weighted by Gasteiger charge is -2.70. The van der Waals surface area contributed by atoms with Crippen LogP contribution in [0.5, 0.6) is 0 Å². The average molecular weight is 559 g/mol. The van der Waals surface area contributed by atoms with Gasteiger partial charge in [0.05, 0.1) is 11.5 Å². The zero-order valence-corrected chi connectivity index (χ0v) is 26.4. The Balaban J connectivity index is 0.000000557. The third-order valence-electron chi connectivity index (χ3n) is 13.7. The molecule has 0 aliphatic heterocycles. The molecule has 5 rings (SSSR count). The van der Waals surface area contributed by atoms with Crippen LogP contribution < -0.4 is 11.5 Å². The third kappa shape index (κ3) is 4.54. The maximum absolute atomic E-state index is 14.2. The molecule has 4 fully saturated rings. The molecule has 9 atom stereocenters. The normalized spacial score (nSPS) is 47.4. The van der Waals surface area contributed by atoms with Crippen molar-refractivity contribution in [2.24, 2.45) is 61.7 Å². The highest BCUT2D eigenvalue weighted by Gasteiger charge is 2.70. The van der Waals surface area contributed by atoms with E-state index in [0.717, 1.165) is 77.3 Å². The lowest BCUT2D eigenvalue weighted by Crippen LogP contribution is -2.66. The predicted molar refractivity (Wildman–Crippen MR) is 160 cm³/mol. The quantitative estimate of drug-likeness (QED) is 0.309. The number of rotatable bonds is 4. The van der Waals surface area contributed by atoms with E-state index in [1.54, 1.807) is 0 Å². The Morgan fingerprint density at radius 2 is 1.50 bits per heavy atom. The SMILES string of the molecule is CC1(C)[C@@H](O)CC[C@]2(C)[C@H]3C(=O)C=C4[C@@H]5C[C@@](C)(C(=O)O)CC[C@]5(C)CC[C@@]4(C)[C@]3(C)CC[C@@H]12.NCCCCN. The van der Waals surface area contributed by atoms with Gasteiger partial charge in [0.25, 0.3) is 0 Å². The van der Waals surface area contributed by atoms with Gasteiger partial charge >= 0.3 is 5.97 Å². The van der Waals surface area contributed by atoms with Gasteiger partial charge in [0.1, 0.15) is 0 Å². The summed E-state index contributed by atoms with van der Waals surface area (Å²) in [4.78, 5) is 26.4. The molecule has 0 unspecified atom stereocenters. The molecule has 5 aliphatic carbocycles. The average Bonchev–Trinajstić information content (AvgIpc) is 2.88. The van der Waals surface area contributed by atoms with Crippen molar-refractivity contribution >= 4 is 11.8 Å². The lowest BCUT2D eigenvalue weighted by molar-refractivity contribution is -0.202. The number of carboxylic acids is 1. The highest BCUT2D eigenvalue weighted by atomic mass is 16.4. The number of carboxylic acid groups (broad SMARTS) is 1. The molecule has 40 heavy (non-hydrogen) atoms. The smallest absolute Gasteiger partial charge is 0.309 e. The summed E-state index contributed by atoms with van der Waals surface area (Å²) in [6, 6.07) is 0. The fourth-order valence-electron chi connectivity index (χ4n) is 10.7. The summed E-state index contributed by atoms with van der Waals surface area (Å²) in [5, 5.41) is 20.9. The van der Waals surface area contributed by atoms with E-state index >= 15 is 0 Å². The number of allylic oxidation sites excluding steroid dienone is 2. The van der Waals surface area contributed by atoms with Crippen molar-refractivity contribution in [2.45, 2.75) is 125 Å². The molecular weight excluding hydrogens is 500 g/mol. The maximum atomic E-state index is 14.2. The van der Waals surface area contributed by atoms with Gasteiger partial charge in [0.15, 0.2) is 5.78 Å². The minimum atomic E-state index is -0.711. The van der Waals surface area contributed by atoms with Crippen LogP contribution >= 0.6 is 0 Å². The summed E-state index contributed by atoms with van der Waals surface area (Å²) < 4.78 is 0. The standard InChI is InChI=1S/C30H46O4.C4H12N2/c1-25(2)21-8-11-30(7)23(28(21,5)10-9-22(25)32)20(31)16-18-19-17-27(4,24(33)34)13-12-26(19,3)14-15-29(18,30)6;5-3-1-2-4-6/h16,19,21-23,32H,8-15,17H2,1-7H3,(H,33,34);1-6H2/t19-,21-,22-,23+,26+,27-,28-,29+,30+;/m0./s1. The predicted octanol–water partition coefficient (Wildman–Crippen LogP) is 6.10. The van der Waals surface area contributed by atoms with Gasteiger partial charge in [0.2, 0.25) is 0 Å². The molecule has 6 N–H and O–H groups in total. The molecule has 0 bridgehead atoms. The first-order valence-electron chi connectivity index (χ1n) is 16.0. The largest absolute Gasteiger partial charge is 0.481 e. The Morgan fingerprint density at radius 3 is 2.08 bits per heavy atom. The van der Waals surface area contributed by atoms with Crippen molar-refractivity contribution in [3.8, 4) is 0 Å². The van der Waals surface area contributed by atoms with E-state index in [1.807, 2.05) is 13.0 Å². The zero-order valence-electron chi connectivity index (χ0n) is 26.4. The van der Waals surface area contributed by atoms with Crippen LogP contribution in [0.3, 0.4) is 0 Å². The molecule has 0 radical (unpaired) electrons. The van der Waals surface area contributed by atoms with Crippen molar-refractivity contribution in [1.29, 1.82) is 0 Å². The van der Waals surface area contributed by atoms with E-state index in [1.165, 1.54) is 5.57 Å². The second-order valence-electron chi connectivity index (χ2n) is 16.2. The molecule has 0 aromatic carbocycles. The Morgan fingerprint density at radius 1 is 0.900 bits per heavy atom. The Labute approximate surface area is 243 Å². The molecule has 0 amide bonds. The summed E-state index contributed by atoms with van der Waals surface area (Å²) in [6.45, 7) is 17.4. The van der Waals surface area contributed by atoms with Crippen molar-refractivity contribution in [1.82, 2.24) is 0 Å². The second kappa shape index (κ2) is 10.5. The number of hydrogen-bond acceptors (Lipinski definition) is 5. The number of aliphatic hydroxyl groups is 1. The number of aliphatic carboxylic acids is 1. The van der Waals surface area contributed by atoms with Gasteiger partial charge in [-0.2, -0.15) is 0 Å². The summed E-state index contributed by atoms with van der Waals surface area (Å²) in [5.74, 6) is 0.0603.